The van der Waals surface area contributed by atoms with Gasteiger partial charge in [0.15, 0.2) is 17.5 Å². The van der Waals surface area contributed by atoms with Gasteiger partial charge in [0.1, 0.15) is 11.6 Å². The Kier molecular flexibility index (Phi) is 7.00. The second kappa shape index (κ2) is 9.87. The second-order valence-corrected chi connectivity index (χ2v) is 6.63. The molecule has 0 aliphatic carbocycles. The van der Waals surface area contributed by atoms with Crippen LogP contribution in [0.5, 0.6) is 17.2 Å². The first-order valence-corrected chi connectivity index (χ1v) is 9.58. The van der Waals surface area contributed by atoms with Crippen LogP contribution in [-0.2, 0) is 13.0 Å². The van der Waals surface area contributed by atoms with E-state index in [0.717, 1.165) is 28.5 Å². The minimum atomic E-state index is -0.238. The molecule has 3 rings (SSSR count). The van der Waals surface area contributed by atoms with Crippen LogP contribution in [0, 0.1) is 5.82 Å². The van der Waals surface area contributed by atoms with Crippen molar-refractivity contribution in [3.05, 3.63) is 53.5 Å². The van der Waals surface area contributed by atoms with Gasteiger partial charge in [-0.2, -0.15) is 0 Å². The van der Waals surface area contributed by atoms with Crippen molar-refractivity contribution in [1.29, 1.82) is 0 Å². The summed E-state index contributed by atoms with van der Waals surface area (Å²) >= 11 is 0. The summed E-state index contributed by atoms with van der Waals surface area (Å²) in [4.78, 5) is 7.43. The maximum atomic E-state index is 13.5. The lowest BCUT2D eigenvalue weighted by atomic mass is 10.1. The summed E-state index contributed by atoms with van der Waals surface area (Å²) in [5, 5.41) is 7.45. The molecule has 2 aromatic carbocycles. The third-order valence-corrected chi connectivity index (χ3v) is 4.87. The Hall–Kier alpha value is -3.42. The number of aromatic amines is 1. The van der Waals surface area contributed by atoms with E-state index in [1.54, 1.807) is 46.6 Å². The zero-order chi connectivity index (χ0) is 21.5. The van der Waals surface area contributed by atoms with Crippen molar-refractivity contribution in [2.75, 3.05) is 34.9 Å². The van der Waals surface area contributed by atoms with E-state index in [1.807, 2.05) is 12.3 Å². The average Bonchev–Trinajstić information content (AvgIpc) is 3.17. The number of guanidine groups is 1. The summed E-state index contributed by atoms with van der Waals surface area (Å²) in [7, 11) is 6.51. The van der Waals surface area contributed by atoms with Crippen molar-refractivity contribution in [3.8, 4) is 17.2 Å². The number of hydrogen-bond donors (Lipinski definition) is 3. The standard InChI is InChI=1S/C22H27FN4O3/c1-24-22(25-8-7-14-12-26-18-6-5-16(23)10-17(14)18)27-13-15-9-20(29-3)21(30-4)11-19(15)28-2/h5-6,9-12,26H,7-8,13H2,1-4H3,(H2,24,25,27). The maximum absolute atomic E-state index is 13.5. The van der Waals surface area contributed by atoms with E-state index in [2.05, 4.69) is 20.6 Å². The van der Waals surface area contributed by atoms with E-state index in [1.165, 1.54) is 6.07 Å². The monoisotopic (exact) mass is 414 g/mol. The summed E-state index contributed by atoms with van der Waals surface area (Å²) in [5.41, 5.74) is 2.88. The number of fused-ring (bicyclic) bond motifs is 1. The molecule has 0 fully saturated rings. The topological polar surface area (TPSA) is 79.9 Å². The largest absolute Gasteiger partial charge is 0.496 e. The molecule has 0 saturated carbocycles. The van der Waals surface area contributed by atoms with E-state index in [-0.39, 0.29) is 5.82 Å². The van der Waals surface area contributed by atoms with Gasteiger partial charge in [-0.05, 0) is 36.2 Å². The van der Waals surface area contributed by atoms with E-state index < -0.39 is 0 Å². The molecule has 7 nitrogen and oxygen atoms in total. The molecule has 8 heteroatoms. The zero-order valence-corrected chi connectivity index (χ0v) is 17.6. The van der Waals surface area contributed by atoms with Gasteiger partial charge in [-0.3, -0.25) is 4.99 Å². The maximum Gasteiger partial charge on any atom is 0.191 e. The lowest BCUT2D eigenvalue weighted by Crippen LogP contribution is -2.37. The molecule has 1 aromatic heterocycles. The Morgan fingerprint density at radius 3 is 2.40 bits per heavy atom. The summed E-state index contributed by atoms with van der Waals surface area (Å²) in [6, 6.07) is 8.42. The van der Waals surface area contributed by atoms with Crippen LogP contribution in [0.2, 0.25) is 0 Å². The van der Waals surface area contributed by atoms with Crippen LogP contribution in [0.4, 0.5) is 4.39 Å². The first-order valence-electron chi connectivity index (χ1n) is 9.58. The smallest absolute Gasteiger partial charge is 0.191 e. The number of nitrogens with zero attached hydrogens (tertiary/aromatic N) is 1. The molecule has 0 atom stereocenters. The lowest BCUT2D eigenvalue weighted by molar-refractivity contribution is 0.347. The van der Waals surface area contributed by atoms with Gasteiger partial charge in [0.05, 0.1) is 21.3 Å². The fraction of sp³-hybridized carbons (Fsp3) is 0.318. The van der Waals surface area contributed by atoms with E-state index in [9.17, 15) is 4.39 Å². The molecular formula is C22H27FN4O3. The number of H-pyrrole nitrogens is 1. The molecule has 0 bridgehead atoms. The van der Waals surface area contributed by atoms with Crippen molar-refractivity contribution in [2.24, 2.45) is 4.99 Å². The molecule has 0 radical (unpaired) electrons. The average molecular weight is 414 g/mol. The molecule has 0 aliphatic rings. The van der Waals surface area contributed by atoms with Gasteiger partial charge >= 0.3 is 0 Å². The molecule has 0 aliphatic heterocycles. The Balaban J connectivity index is 1.60. The van der Waals surface area contributed by atoms with Crippen molar-refractivity contribution in [2.45, 2.75) is 13.0 Å². The zero-order valence-electron chi connectivity index (χ0n) is 17.6. The van der Waals surface area contributed by atoms with E-state index >= 15 is 0 Å². The van der Waals surface area contributed by atoms with Gasteiger partial charge in [0.2, 0.25) is 0 Å². The first kappa shape index (κ1) is 21.3. The van der Waals surface area contributed by atoms with Crippen molar-refractivity contribution < 1.29 is 18.6 Å². The molecule has 0 saturated heterocycles. The normalized spacial score (nSPS) is 11.4. The number of rotatable bonds is 8. The molecule has 0 unspecified atom stereocenters. The number of hydrogen-bond acceptors (Lipinski definition) is 4. The summed E-state index contributed by atoms with van der Waals surface area (Å²) in [6.45, 7) is 1.13. The highest BCUT2D eigenvalue weighted by molar-refractivity contribution is 5.83. The van der Waals surface area contributed by atoms with Gasteiger partial charge in [0, 0.05) is 48.9 Å². The Bertz CT molecular complexity index is 1030. The molecule has 0 amide bonds. The number of halogens is 1. The number of aromatic nitrogens is 1. The molecule has 0 spiro atoms. The molecule has 3 N–H and O–H groups in total. The molecule has 1 heterocycles. The fourth-order valence-corrected chi connectivity index (χ4v) is 3.30. The van der Waals surface area contributed by atoms with Crippen molar-refractivity contribution >= 4 is 16.9 Å². The van der Waals surface area contributed by atoms with Gasteiger partial charge in [0.25, 0.3) is 0 Å². The molecule has 30 heavy (non-hydrogen) atoms. The highest BCUT2D eigenvalue weighted by Crippen LogP contribution is 2.34. The van der Waals surface area contributed by atoms with Gasteiger partial charge in [-0.15, -0.1) is 0 Å². The van der Waals surface area contributed by atoms with E-state index in [4.69, 9.17) is 14.2 Å². The van der Waals surface area contributed by atoms with Gasteiger partial charge in [-0.1, -0.05) is 0 Å². The molecule has 160 valence electrons. The highest BCUT2D eigenvalue weighted by Gasteiger charge is 2.12. The third-order valence-electron chi connectivity index (χ3n) is 4.87. The lowest BCUT2D eigenvalue weighted by Gasteiger charge is -2.16. The number of ether oxygens (including phenoxy) is 3. The van der Waals surface area contributed by atoms with Crippen molar-refractivity contribution in [3.63, 3.8) is 0 Å². The van der Waals surface area contributed by atoms with Crippen LogP contribution in [-0.4, -0.2) is 45.9 Å². The number of nitrogens with one attached hydrogen (secondary N) is 3. The van der Waals surface area contributed by atoms with Crippen LogP contribution in [0.25, 0.3) is 10.9 Å². The SMILES string of the molecule is CN=C(NCCc1c[nH]c2ccc(F)cc12)NCc1cc(OC)c(OC)cc1OC. The van der Waals surface area contributed by atoms with Crippen LogP contribution < -0.4 is 24.8 Å². The van der Waals surface area contributed by atoms with Crippen LogP contribution in [0.3, 0.4) is 0 Å². The minimum absolute atomic E-state index is 0.238. The number of benzene rings is 2. The summed E-state index contributed by atoms with van der Waals surface area (Å²) in [5.74, 6) is 2.34. The Morgan fingerprint density at radius 1 is 0.967 bits per heavy atom. The summed E-state index contributed by atoms with van der Waals surface area (Å²) in [6.07, 6.45) is 2.64. The van der Waals surface area contributed by atoms with E-state index in [0.29, 0.717) is 36.3 Å². The fourth-order valence-electron chi connectivity index (χ4n) is 3.30. The van der Waals surface area contributed by atoms with Crippen LogP contribution in [0.15, 0.2) is 41.5 Å². The second-order valence-electron chi connectivity index (χ2n) is 6.63. The van der Waals surface area contributed by atoms with Gasteiger partial charge < -0.3 is 29.8 Å². The molecular weight excluding hydrogens is 387 g/mol. The van der Waals surface area contributed by atoms with Gasteiger partial charge in [-0.25, -0.2) is 4.39 Å². The predicted molar refractivity (Wildman–Crippen MR) is 116 cm³/mol. The summed E-state index contributed by atoms with van der Waals surface area (Å²) < 4.78 is 29.7. The quantitative estimate of drug-likeness (QED) is 0.390. The van der Waals surface area contributed by atoms with Crippen LogP contribution in [0.1, 0.15) is 11.1 Å². The highest BCUT2D eigenvalue weighted by atomic mass is 19.1. The predicted octanol–water partition coefficient (Wildman–Crippen LogP) is 3.24. The minimum Gasteiger partial charge on any atom is -0.496 e. The number of aliphatic imine (C=N–C) groups is 1. The first-order chi connectivity index (χ1) is 14.6. The third kappa shape index (κ3) is 4.76. The Morgan fingerprint density at radius 2 is 1.70 bits per heavy atom. The Labute approximate surface area is 175 Å². The van der Waals surface area contributed by atoms with Crippen molar-refractivity contribution in [1.82, 2.24) is 15.6 Å². The van der Waals surface area contributed by atoms with Crippen LogP contribution >= 0.6 is 0 Å². The molecule has 3 aromatic rings. The number of methoxy groups -OCH3 is 3.